The maximum absolute atomic E-state index is 10.3. The Bertz CT molecular complexity index is 96.0. The van der Waals surface area contributed by atoms with Gasteiger partial charge in [0.05, 0.1) is 0 Å². The number of nitrogens with zero attached hydrogens (tertiary/aromatic N) is 1. The number of carbonyl (C=O) groups is 1. The predicted octanol–water partition coefficient (Wildman–Crippen LogP) is -0.225. The second-order valence-electron chi connectivity index (χ2n) is 1.71. The van der Waals surface area contributed by atoms with Crippen molar-refractivity contribution < 1.29 is 4.79 Å². The molecule has 48 valence electrons. The zero-order valence-electron chi connectivity index (χ0n) is 4.68. The van der Waals surface area contributed by atoms with Crippen LogP contribution in [0.3, 0.4) is 0 Å². The van der Waals surface area contributed by atoms with Crippen LogP contribution in [0.1, 0.15) is 6.42 Å². The molecule has 0 bridgehead atoms. The fourth-order valence-corrected chi connectivity index (χ4v) is 0.594. The zero-order valence-corrected chi connectivity index (χ0v) is 5.49. The minimum Gasteiger partial charge on any atom is -0.289 e. The number of rotatable bonds is 0. The van der Waals surface area contributed by atoms with Crippen LogP contribution < -0.4 is 5.43 Å². The lowest BCUT2D eigenvalue weighted by atomic mass is 10.4. The minimum atomic E-state index is 0. The predicted molar refractivity (Wildman–Crippen MR) is 32.6 cm³/mol. The number of amides is 1. The Morgan fingerprint density at radius 2 is 2.38 bits per heavy atom. The highest BCUT2D eigenvalue weighted by atomic mass is 35.5. The molecule has 1 fully saturated rings. The molecule has 0 saturated carbocycles. The minimum absolute atomic E-state index is 0. The summed E-state index contributed by atoms with van der Waals surface area (Å²) in [6, 6.07) is 0. The molecule has 8 heavy (non-hydrogen) atoms. The Kier molecular flexibility index (Phi) is 2.79. The number of hydrogen-bond donors (Lipinski definition) is 1. The molecule has 0 aromatic rings. The van der Waals surface area contributed by atoms with Gasteiger partial charge in [-0.2, -0.15) is 0 Å². The standard InChI is InChI=1S/C4H8N2O.ClH/c1-6-3-2-4(7)5-6;/h2-3H2,1H3,(H,5,7);1H. The Hall–Kier alpha value is -0.280. The quantitative estimate of drug-likeness (QED) is 0.499. The van der Waals surface area contributed by atoms with E-state index in [-0.39, 0.29) is 18.3 Å². The average molecular weight is 137 g/mol. The van der Waals surface area contributed by atoms with Crippen LogP contribution in [-0.4, -0.2) is 24.5 Å². The molecule has 0 aliphatic carbocycles. The lowest BCUT2D eigenvalue weighted by Crippen LogP contribution is -2.28. The Morgan fingerprint density at radius 3 is 2.50 bits per heavy atom. The summed E-state index contributed by atoms with van der Waals surface area (Å²) in [4.78, 5) is 10.3. The number of hydrazine groups is 1. The van der Waals surface area contributed by atoms with Gasteiger partial charge in [-0.25, -0.2) is 5.01 Å². The molecule has 1 saturated heterocycles. The van der Waals surface area contributed by atoms with Crippen molar-refractivity contribution in [3.05, 3.63) is 0 Å². The van der Waals surface area contributed by atoms with Crippen LogP contribution in [0.5, 0.6) is 0 Å². The molecular weight excluding hydrogens is 128 g/mol. The first-order chi connectivity index (χ1) is 3.29. The molecule has 0 spiro atoms. The highest BCUT2D eigenvalue weighted by Crippen LogP contribution is 1.91. The van der Waals surface area contributed by atoms with Gasteiger partial charge in [0.2, 0.25) is 5.91 Å². The van der Waals surface area contributed by atoms with E-state index >= 15 is 0 Å². The van der Waals surface area contributed by atoms with Crippen LogP contribution in [0.2, 0.25) is 0 Å². The molecule has 1 N–H and O–H groups in total. The van der Waals surface area contributed by atoms with Gasteiger partial charge in [0.25, 0.3) is 0 Å². The maximum Gasteiger partial charge on any atom is 0.235 e. The number of hydrogen-bond acceptors (Lipinski definition) is 2. The SMILES string of the molecule is CN1CCC(=O)N1.Cl. The monoisotopic (exact) mass is 136 g/mol. The molecule has 4 heteroatoms. The van der Waals surface area contributed by atoms with E-state index < -0.39 is 0 Å². The molecule has 0 aromatic carbocycles. The van der Waals surface area contributed by atoms with Crippen LogP contribution in [0.15, 0.2) is 0 Å². The summed E-state index contributed by atoms with van der Waals surface area (Å²) in [7, 11) is 1.85. The first-order valence-electron chi connectivity index (χ1n) is 2.29. The molecule has 0 unspecified atom stereocenters. The normalized spacial score (nSPS) is 19.9. The van der Waals surface area contributed by atoms with Gasteiger partial charge in [-0.15, -0.1) is 12.4 Å². The Labute approximate surface area is 54.4 Å². The lowest BCUT2D eigenvalue weighted by molar-refractivity contribution is -0.120. The van der Waals surface area contributed by atoms with Crippen molar-refractivity contribution in [1.29, 1.82) is 0 Å². The Morgan fingerprint density at radius 1 is 1.75 bits per heavy atom. The zero-order chi connectivity index (χ0) is 5.28. The van der Waals surface area contributed by atoms with E-state index in [0.717, 1.165) is 6.54 Å². The van der Waals surface area contributed by atoms with E-state index in [4.69, 9.17) is 0 Å². The lowest BCUT2D eigenvalue weighted by Gasteiger charge is -2.02. The summed E-state index contributed by atoms with van der Waals surface area (Å²) in [5.41, 5.74) is 2.61. The van der Waals surface area contributed by atoms with Crippen molar-refractivity contribution in [2.24, 2.45) is 0 Å². The van der Waals surface area contributed by atoms with Crippen molar-refractivity contribution in [2.45, 2.75) is 6.42 Å². The number of carbonyl (C=O) groups excluding carboxylic acids is 1. The van der Waals surface area contributed by atoms with E-state index in [1.54, 1.807) is 5.01 Å². The van der Waals surface area contributed by atoms with Gasteiger partial charge in [-0.3, -0.25) is 10.2 Å². The summed E-state index contributed by atoms with van der Waals surface area (Å²) >= 11 is 0. The molecule has 1 aliphatic rings. The van der Waals surface area contributed by atoms with E-state index in [9.17, 15) is 4.79 Å². The van der Waals surface area contributed by atoms with Gasteiger partial charge in [-0.1, -0.05) is 0 Å². The van der Waals surface area contributed by atoms with Crippen molar-refractivity contribution in [3.8, 4) is 0 Å². The topological polar surface area (TPSA) is 32.3 Å². The molecule has 1 amide bonds. The van der Waals surface area contributed by atoms with Gasteiger partial charge in [-0.05, 0) is 0 Å². The molecular formula is C4H9ClN2O. The number of halogens is 1. The first-order valence-corrected chi connectivity index (χ1v) is 2.29. The number of nitrogens with one attached hydrogen (secondary N) is 1. The van der Waals surface area contributed by atoms with Crippen molar-refractivity contribution in [3.63, 3.8) is 0 Å². The summed E-state index contributed by atoms with van der Waals surface area (Å²) in [6.45, 7) is 0.846. The smallest absolute Gasteiger partial charge is 0.235 e. The third-order valence-electron chi connectivity index (χ3n) is 0.990. The van der Waals surface area contributed by atoms with Gasteiger partial charge in [0.15, 0.2) is 0 Å². The van der Waals surface area contributed by atoms with Gasteiger partial charge in [0, 0.05) is 20.0 Å². The molecule has 1 aliphatic heterocycles. The van der Waals surface area contributed by atoms with Gasteiger partial charge >= 0.3 is 0 Å². The van der Waals surface area contributed by atoms with Crippen molar-refractivity contribution in [1.82, 2.24) is 10.4 Å². The summed E-state index contributed by atoms with van der Waals surface area (Å²) in [6.07, 6.45) is 0.649. The van der Waals surface area contributed by atoms with Crippen molar-refractivity contribution in [2.75, 3.05) is 13.6 Å². The van der Waals surface area contributed by atoms with E-state index in [2.05, 4.69) is 5.43 Å². The largest absolute Gasteiger partial charge is 0.289 e. The average Bonchev–Trinajstić information content (AvgIpc) is 1.87. The van der Waals surface area contributed by atoms with Crippen LogP contribution in [0, 0.1) is 0 Å². The maximum atomic E-state index is 10.3. The van der Waals surface area contributed by atoms with Crippen molar-refractivity contribution >= 4 is 18.3 Å². The van der Waals surface area contributed by atoms with Gasteiger partial charge < -0.3 is 0 Å². The van der Waals surface area contributed by atoms with Crippen LogP contribution in [0.25, 0.3) is 0 Å². The molecule has 0 radical (unpaired) electrons. The molecule has 1 heterocycles. The highest BCUT2D eigenvalue weighted by Gasteiger charge is 2.12. The molecule has 3 nitrogen and oxygen atoms in total. The molecule has 1 rings (SSSR count). The van der Waals surface area contributed by atoms with E-state index in [1.807, 2.05) is 7.05 Å². The van der Waals surface area contributed by atoms with Gasteiger partial charge in [0.1, 0.15) is 0 Å². The van der Waals surface area contributed by atoms with E-state index in [0.29, 0.717) is 6.42 Å². The molecule has 0 atom stereocenters. The van der Waals surface area contributed by atoms with Crippen LogP contribution >= 0.6 is 12.4 Å². The fraction of sp³-hybridized carbons (Fsp3) is 0.750. The Balaban J connectivity index is 0.000000490. The summed E-state index contributed by atoms with van der Waals surface area (Å²) < 4.78 is 0. The fourth-order valence-electron chi connectivity index (χ4n) is 0.594. The second kappa shape index (κ2) is 2.89. The summed E-state index contributed by atoms with van der Waals surface area (Å²) in [5.74, 6) is 0.127. The second-order valence-corrected chi connectivity index (χ2v) is 1.71. The first kappa shape index (κ1) is 7.72. The van der Waals surface area contributed by atoms with Crippen LogP contribution in [-0.2, 0) is 4.79 Å². The third-order valence-corrected chi connectivity index (χ3v) is 0.990. The third kappa shape index (κ3) is 1.68. The highest BCUT2D eigenvalue weighted by molar-refractivity contribution is 5.85. The molecule has 0 aromatic heterocycles. The van der Waals surface area contributed by atoms with E-state index in [1.165, 1.54) is 0 Å². The van der Waals surface area contributed by atoms with Crippen LogP contribution in [0.4, 0.5) is 0 Å². The summed E-state index contributed by atoms with van der Waals surface area (Å²) in [5, 5.41) is 1.78.